The van der Waals surface area contributed by atoms with Gasteiger partial charge < -0.3 is 4.74 Å². The molecular weight excluding hydrogens is 353 g/mol. The highest BCUT2D eigenvalue weighted by Crippen LogP contribution is 2.34. The first-order valence-corrected chi connectivity index (χ1v) is 6.97. The van der Waals surface area contributed by atoms with Crippen molar-refractivity contribution in [1.29, 1.82) is 0 Å². The molecule has 0 aliphatic carbocycles. The van der Waals surface area contributed by atoms with Crippen LogP contribution >= 0.6 is 27.5 Å². The second-order valence-corrected chi connectivity index (χ2v) is 4.83. The summed E-state index contributed by atoms with van der Waals surface area (Å²) in [7, 11) is 0. The minimum absolute atomic E-state index is 0.0306. The van der Waals surface area contributed by atoms with Gasteiger partial charge in [0.2, 0.25) is 0 Å². The van der Waals surface area contributed by atoms with Crippen LogP contribution < -0.4 is 4.74 Å². The molecule has 0 bridgehead atoms. The summed E-state index contributed by atoms with van der Waals surface area (Å²) in [5, 5.41) is 11.2. The molecule has 0 aromatic heterocycles. The van der Waals surface area contributed by atoms with Crippen LogP contribution in [0.3, 0.4) is 0 Å². The van der Waals surface area contributed by atoms with Crippen molar-refractivity contribution < 1.29 is 14.1 Å². The number of benzene rings is 2. The third kappa shape index (κ3) is 3.26. The standard InChI is InChI=1S/C13H8BrClFNO3/c14-7-8-5-10(17(18)19)2-4-12(8)20-13-3-1-9(16)6-11(13)15/h1-6H,7H2. The largest absolute Gasteiger partial charge is 0.455 e. The SMILES string of the molecule is O=[N+]([O-])c1ccc(Oc2ccc(F)cc2Cl)c(CBr)c1. The Morgan fingerprint density at radius 3 is 2.55 bits per heavy atom. The van der Waals surface area contributed by atoms with Crippen molar-refractivity contribution in [3.05, 3.63) is 62.9 Å². The van der Waals surface area contributed by atoms with Crippen molar-refractivity contribution in [3.8, 4) is 11.5 Å². The normalized spacial score (nSPS) is 10.3. The van der Waals surface area contributed by atoms with Gasteiger partial charge in [0, 0.05) is 23.0 Å². The molecule has 0 atom stereocenters. The lowest BCUT2D eigenvalue weighted by molar-refractivity contribution is -0.384. The molecule has 0 amide bonds. The number of ether oxygens (including phenoxy) is 1. The van der Waals surface area contributed by atoms with E-state index in [1.807, 2.05) is 0 Å². The van der Waals surface area contributed by atoms with Crippen LogP contribution in [0, 0.1) is 15.9 Å². The third-order valence-electron chi connectivity index (χ3n) is 2.51. The van der Waals surface area contributed by atoms with Crippen molar-refractivity contribution in [2.45, 2.75) is 5.33 Å². The lowest BCUT2D eigenvalue weighted by Gasteiger charge is -2.10. The van der Waals surface area contributed by atoms with Crippen molar-refractivity contribution in [3.63, 3.8) is 0 Å². The summed E-state index contributed by atoms with van der Waals surface area (Å²) in [6.45, 7) is 0. The monoisotopic (exact) mass is 359 g/mol. The fourth-order valence-electron chi connectivity index (χ4n) is 1.56. The number of non-ortho nitro benzene ring substituents is 1. The van der Waals surface area contributed by atoms with E-state index in [2.05, 4.69) is 15.9 Å². The van der Waals surface area contributed by atoms with Crippen molar-refractivity contribution in [2.75, 3.05) is 0 Å². The van der Waals surface area contributed by atoms with Crippen molar-refractivity contribution in [2.24, 2.45) is 0 Å². The molecule has 0 spiro atoms. The Kier molecular flexibility index (Phi) is 4.57. The summed E-state index contributed by atoms with van der Waals surface area (Å²) >= 11 is 9.11. The Morgan fingerprint density at radius 1 is 1.25 bits per heavy atom. The van der Waals surface area contributed by atoms with Gasteiger partial charge in [-0.1, -0.05) is 27.5 Å². The van der Waals surface area contributed by atoms with Crippen LogP contribution in [-0.4, -0.2) is 4.92 Å². The molecule has 0 saturated carbocycles. The number of nitro benzene ring substituents is 1. The van der Waals surface area contributed by atoms with Crippen LogP contribution in [0.15, 0.2) is 36.4 Å². The third-order valence-corrected chi connectivity index (χ3v) is 3.41. The van der Waals surface area contributed by atoms with Gasteiger partial charge in [0.05, 0.1) is 9.95 Å². The van der Waals surface area contributed by atoms with E-state index >= 15 is 0 Å². The Bertz CT molecular complexity index is 666. The molecule has 0 aliphatic rings. The van der Waals surface area contributed by atoms with Crippen molar-refractivity contribution in [1.82, 2.24) is 0 Å². The molecule has 0 heterocycles. The van der Waals surface area contributed by atoms with E-state index in [4.69, 9.17) is 16.3 Å². The number of halogens is 3. The Hall–Kier alpha value is -1.66. The molecule has 2 aromatic carbocycles. The Balaban J connectivity index is 2.35. The summed E-state index contributed by atoms with van der Waals surface area (Å²) in [6, 6.07) is 7.97. The zero-order valence-electron chi connectivity index (χ0n) is 9.98. The summed E-state index contributed by atoms with van der Waals surface area (Å²) in [5.41, 5.74) is 0.566. The van der Waals surface area contributed by atoms with Gasteiger partial charge in [0.1, 0.15) is 17.3 Å². The molecule has 0 unspecified atom stereocenters. The van der Waals surface area contributed by atoms with E-state index in [0.29, 0.717) is 16.6 Å². The predicted molar refractivity (Wildman–Crippen MR) is 77.2 cm³/mol. The summed E-state index contributed by atoms with van der Waals surface area (Å²) < 4.78 is 18.5. The van der Waals surface area contributed by atoms with Crippen LogP contribution in [0.4, 0.5) is 10.1 Å². The first-order chi connectivity index (χ1) is 9.51. The number of hydrogen-bond donors (Lipinski definition) is 0. The molecular formula is C13H8BrClFNO3. The topological polar surface area (TPSA) is 52.4 Å². The molecule has 2 rings (SSSR count). The summed E-state index contributed by atoms with van der Waals surface area (Å²) in [6.07, 6.45) is 0. The molecule has 0 radical (unpaired) electrons. The Morgan fingerprint density at radius 2 is 1.95 bits per heavy atom. The molecule has 104 valence electrons. The van der Waals surface area contributed by atoms with Crippen LogP contribution in [-0.2, 0) is 5.33 Å². The molecule has 0 N–H and O–H groups in total. The van der Waals surface area contributed by atoms with Gasteiger partial charge in [-0.2, -0.15) is 0 Å². The number of rotatable bonds is 4. The van der Waals surface area contributed by atoms with Gasteiger partial charge in [-0.05, 0) is 24.3 Å². The van der Waals surface area contributed by atoms with Gasteiger partial charge in [-0.15, -0.1) is 0 Å². The van der Waals surface area contributed by atoms with Gasteiger partial charge in [-0.3, -0.25) is 10.1 Å². The lowest BCUT2D eigenvalue weighted by Crippen LogP contribution is -1.94. The smallest absolute Gasteiger partial charge is 0.270 e. The molecule has 2 aromatic rings. The molecule has 0 saturated heterocycles. The predicted octanol–water partition coefficient (Wildman–Crippen LogP) is 5.07. The van der Waals surface area contributed by atoms with Gasteiger partial charge in [0.25, 0.3) is 5.69 Å². The average molecular weight is 361 g/mol. The van der Waals surface area contributed by atoms with Crippen LogP contribution in [0.5, 0.6) is 11.5 Å². The van der Waals surface area contributed by atoms with E-state index in [1.54, 1.807) is 0 Å². The second-order valence-electron chi connectivity index (χ2n) is 3.86. The number of nitrogens with zero attached hydrogens (tertiary/aromatic N) is 1. The maximum atomic E-state index is 13.0. The molecule has 7 heteroatoms. The van der Waals surface area contributed by atoms with E-state index in [9.17, 15) is 14.5 Å². The zero-order valence-corrected chi connectivity index (χ0v) is 12.3. The van der Waals surface area contributed by atoms with Crippen molar-refractivity contribution >= 4 is 33.2 Å². The molecule has 20 heavy (non-hydrogen) atoms. The number of hydrogen-bond acceptors (Lipinski definition) is 3. The minimum atomic E-state index is -0.485. The highest BCUT2D eigenvalue weighted by molar-refractivity contribution is 9.08. The molecule has 4 nitrogen and oxygen atoms in total. The molecule has 0 aliphatic heterocycles. The average Bonchev–Trinajstić information content (AvgIpc) is 2.42. The van der Waals surface area contributed by atoms with E-state index in [-0.39, 0.29) is 16.5 Å². The minimum Gasteiger partial charge on any atom is -0.455 e. The summed E-state index contributed by atoms with van der Waals surface area (Å²) in [4.78, 5) is 10.2. The fourth-order valence-corrected chi connectivity index (χ4v) is 2.20. The van der Waals surface area contributed by atoms with E-state index < -0.39 is 10.7 Å². The van der Waals surface area contributed by atoms with E-state index in [0.717, 1.165) is 6.07 Å². The lowest BCUT2D eigenvalue weighted by atomic mass is 10.2. The van der Waals surface area contributed by atoms with Gasteiger partial charge in [-0.25, -0.2) is 4.39 Å². The molecule has 0 fully saturated rings. The van der Waals surface area contributed by atoms with Crippen LogP contribution in [0.1, 0.15) is 5.56 Å². The zero-order chi connectivity index (χ0) is 14.7. The maximum absolute atomic E-state index is 13.0. The fraction of sp³-hybridized carbons (Fsp3) is 0.0769. The van der Waals surface area contributed by atoms with E-state index in [1.165, 1.54) is 30.3 Å². The first kappa shape index (κ1) is 14.7. The van der Waals surface area contributed by atoms with Gasteiger partial charge in [0.15, 0.2) is 0 Å². The second kappa shape index (κ2) is 6.19. The Labute approximate surface area is 127 Å². The highest BCUT2D eigenvalue weighted by Gasteiger charge is 2.13. The first-order valence-electron chi connectivity index (χ1n) is 5.47. The summed E-state index contributed by atoms with van der Waals surface area (Å²) in [5.74, 6) is 0.233. The quantitative estimate of drug-likeness (QED) is 0.434. The van der Waals surface area contributed by atoms with Crippen LogP contribution in [0.25, 0.3) is 0 Å². The number of alkyl halides is 1. The highest BCUT2D eigenvalue weighted by atomic mass is 79.9. The number of nitro groups is 1. The van der Waals surface area contributed by atoms with Crippen LogP contribution in [0.2, 0.25) is 5.02 Å². The maximum Gasteiger partial charge on any atom is 0.270 e. The van der Waals surface area contributed by atoms with Gasteiger partial charge >= 0.3 is 0 Å².